The van der Waals surface area contributed by atoms with Crippen molar-refractivity contribution >= 4 is 43.0 Å². The number of furan rings is 1. The van der Waals surface area contributed by atoms with Gasteiger partial charge in [-0.1, -0.05) is 0 Å². The Balaban J connectivity index is 1.03. The van der Waals surface area contributed by atoms with E-state index >= 15 is 0 Å². The van der Waals surface area contributed by atoms with E-state index in [0.29, 0.717) is 18.6 Å². The second kappa shape index (κ2) is 7.08. The van der Waals surface area contributed by atoms with Crippen molar-refractivity contribution in [3.8, 4) is 0 Å². The number of thiazole rings is 1. The zero-order valence-corrected chi connectivity index (χ0v) is 21.1. The molecular weight excluding hydrogens is 486 g/mol. The number of aromatic nitrogens is 1. The van der Waals surface area contributed by atoms with Crippen molar-refractivity contribution in [2.45, 2.75) is 47.8 Å². The monoisotopic (exact) mass is 513 g/mol. The summed E-state index contributed by atoms with van der Waals surface area (Å²) in [5, 5.41) is 4.31. The number of hydrogen-bond acceptors (Lipinski definition) is 8. The highest BCUT2D eigenvalue weighted by molar-refractivity contribution is 7.91. The van der Waals surface area contributed by atoms with Crippen LogP contribution in [0.25, 0.3) is 10.2 Å². The van der Waals surface area contributed by atoms with Crippen molar-refractivity contribution in [3.63, 3.8) is 0 Å². The van der Waals surface area contributed by atoms with Crippen molar-refractivity contribution in [2.75, 3.05) is 37.5 Å². The lowest BCUT2D eigenvalue weighted by Gasteiger charge is -2.69. The van der Waals surface area contributed by atoms with Crippen molar-refractivity contribution in [3.05, 3.63) is 46.9 Å². The number of anilines is 1. The molecule has 1 aliphatic heterocycles. The van der Waals surface area contributed by atoms with Gasteiger partial charge >= 0.3 is 0 Å². The van der Waals surface area contributed by atoms with Crippen molar-refractivity contribution < 1.29 is 22.4 Å². The van der Waals surface area contributed by atoms with Gasteiger partial charge in [-0.15, -0.1) is 11.3 Å². The van der Waals surface area contributed by atoms with Crippen LogP contribution in [0.4, 0.5) is 5.69 Å². The molecule has 35 heavy (non-hydrogen) atoms. The van der Waals surface area contributed by atoms with E-state index in [1.54, 1.807) is 23.5 Å². The number of nitrogens with zero attached hydrogens (tertiary/aromatic N) is 2. The van der Waals surface area contributed by atoms with E-state index in [1.807, 2.05) is 0 Å². The van der Waals surface area contributed by atoms with E-state index in [0.717, 1.165) is 56.1 Å². The third kappa shape index (κ3) is 3.22. The van der Waals surface area contributed by atoms with Gasteiger partial charge in [-0.05, 0) is 62.4 Å². The van der Waals surface area contributed by atoms with Gasteiger partial charge in [0, 0.05) is 36.0 Å². The van der Waals surface area contributed by atoms with Gasteiger partial charge < -0.3 is 19.4 Å². The van der Waals surface area contributed by atoms with Crippen LogP contribution in [0.2, 0.25) is 0 Å². The summed E-state index contributed by atoms with van der Waals surface area (Å²) in [5.41, 5.74) is 2.10. The lowest BCUT2D eigenvalue weighted by molar-refractivity contribution is -0.0811. The normalized spacial score (nSPS) is 28.9. The van der Waals surface area contributed by atoms with Crippen LogP contribution in [0.1, 0.15) is 53.4 Å². The molecule has 2 bridgehead atoms. The molecule has 1 aromatic carbocycles. The Morgan fingerprint density at radius 3 is 2.54 bits per heavy atom. The van der Waals surface area contributed by atoms with Crippen LogP contribution < -0.4 is 10.2 Å². The zero-order valence-electron chi connectivity index (χ0n) is 19.5. The largest absolute Gasteiger partial charge is 0.454 e. The highest BCUT2D eigenvalue weighted by atomic mass is 32.2. The number of fused-ring (bicyclic) bond motifs is 1. The number of carbonyl (C=O) groups is 1. The number of nitrogens with one attached hydrogen (secondary N) is 1. The summed E-state index contributed by atoms with van der Waals surface area (Å²) in [7, 11) is -3.28. The molecule has 1 saturated heterocycles. The molecule has 0 unspecified atom stereocenters. The maximum Gasteiger partial charge on any atom is 0.287 e. The van der Waals surface area contributed by atoms with E-state index in [1.165, 1.54) is 16.6 Å². The minimum absolute atomic E-state index is 0.0543. The molecule has 1 amide bonds. The molecule has 8 rings (SSSR count). The first-order valence-electron chi connectivity index (χ1n) is 12.1. The average molecular weight is 514 g/mol. The van der Waals surface area contributed by atoms with Gasteiger partial charge in [-0.2, -0.15) is 0 Å². The SMILES string of the molecule is CS(=O)(=O)C1(c2ccc(C(=O)NC34CC(c5nc6ccc(N7CCOCC7)cc6s5)(C3)C4)o2)CC1. The molecule has 8 nitrogen and oxygen atoms in total. The quantitative estimate of drug-likeness (QED) is 0.539. The topological polar surface area (TPSA) is 102 Å². The van der Waals surface area contributed by atoms with E-state index < -0.39 is 14.6 Å². The van der Waals surface area contributed by atoms with Crippen molar-refractivity contribution in [1.29, 1.82) is 0 Å². The summed E-state index contributed by atoms with van der Waals surface area (Å²) in [6, 6.07) is 9.73. The summed E-state index contributed by atoms with van der Waals surface area (Å²) < 4.78 is 35.8. The molecule has 4 aliphatic carbocycles. The number of ether oxygens (including phenoxy) is 1. The minimum Gasteiger partial charge on any atom is -0.454 e. The standard InChI is InChI=1S/C25H27N3O5S2/c1-35(30,31)25(6-7-25)20-5-4-18(33-20)21(29)27-24-13-23(14-24,15-24)22-26-17-3-2-16(12-19(17)34-22)28-8-10-32-11-9-28/h2-5,12H,6-11,13-15H2,1H3,(H,27,29). The second-order valence-corrected chi connectivity index (χ2v) is 14.1. The van der Waals surface area contributed by atoms with Gasteiger partial charge in [0.25, 0.3) is 5.91 Å². The van der Waals surface area contributed by atoms with E-state index in [4.69, 9.17) is 14.1 Å². The fourth-order valence-electron chi connectivity index (χ4n) is 6.23. The van der Waals surface area contributed by atoms with Crippen LogP contribution in [0.5, 0.6) is 0 Å². The Hall–Kier alpha value is -2.43. The van der Waals surface area contributed by atoms with Crippen LogP contribution in [-0.2, 0) is 24.7 Å². The number of benzene rings is 1. The van der Waals surface area contributed by atoms with Gasteiger partial charge in [-0.3, -0.25) is 4.79 Å². The zero-order chi connectivity index (χ0) is 24.1. The van der Waals surface area contributed by atoms with Crippen LogP contribution in [0, 0.1) is 0 Å². The molecule has 3 heterocycles. The van der Waals surface area contributed by atoms with Crippen molar-refractivity contribution in [1.82, 2.24) is 10.3 Å². The number of amides is 1. The molecule has 0 radical (unpaired) electrons. The molecule has 1 N–H and O–H groups in total. The smallest absolute Gasteiger partial charge is 0.287 e. The van der Waals surface area contributed by atoms with E-state index in [9.17, 15) is 13.2 Å². The Morgan fingerprint density at radius 1 is 1.11 bits per heavy atom. The Labute approximate surface area is 207 Å². The minimum atomic E-state index is -3.28. The molecule has 184 valence electrons. The van der Waals surface area contributed by atoms with E-state index in [-0.39, 0.29) is 22.6 Å². The van der Waals surface area contributed by atoms with Crippen LogP contribution >= 0.6 is 11.3 Å². The predicted molar refractivity (Wildman–Crippen MR) is 133 cm³/mol. The molecule has 4 saturated carbocycles. The lowest BCUT2D eigenvalue weighted by Crippen LogP contribution is -2.76. The molecule has 0 atom stereocenters. The Morgan fingerprint density at radius 2 is 1.86 bits per heavy atom. The number of carbonyl (C=O) groups excluding carboxylic acids is 1. The third-order valence-corrected chi connectivity index (χ3v) is 11.6. The van der Waals surface area contributed by atoms with Crippen LogP contribution in [0.15, 0.2) is 34.7 Å². The first kappa shape index (κ1) is 21.8. The molecular formula is C25H27N3O5S2. The first-order chi connectivity index (χ1) is 16.7. The highest BCUT2D eigenvalue weighted by Gasteiger charge is 2.70. The number of morpholine rings is 1. The number of hydrogen-bond donors (Lipinski definition) is 1. The molecule has 3 aromatic rings. The third-order valence-electron chi connectivity index (χ3n) is 8.30. The molecule has 0 spiro atoms. The van der Waals surface area contributed by atoms with Crippen LogP contribution in [0.3, 0.4) is 0 Å². The highest BCUT2D eigenvalue weighted by Crippen LogP contribution is 2.68. The summed E-state index contributed by atoms with van der Waals surface area (Å²) in [6.45, 7) is 3.35. The van der Waals surface area contributed by atoms with Gasteiger partial charge in [0.15, 0.2) is 15.6 Å². The maximum absolute atomic E-state index is 12.9. The average Bonchev–Trinajstić information content (AvgIpc) is 3.28. The molecule has 5 fully saturated rings. The predicted octanol–water partition coefficient (Wildman–Crippen LogP) is 3.36. The number of sulfone groups is 1. The van der Waals surface area contributed by atoms with Crippen molar-refractivity contribution in [2.24, 2.45) is 0 Å². The summed E-state index contributed by atoms with van der Waals surface area (Å²) in [5.74, 6) is 0.294. The second-order valence-electron chi connectivity index (χ2n) is 10.7. The van der Waals surface area contributed by atoms with Gasteiger partial charge in [0.05, 0.1) is 23.4 Å². The lowest BCUT2D eigenvalue weighted by atomic mass is 9.39. The van der Waals surface area contributed by atoms with Gasteiger partial charge in [0.1, 0.15) is 15.5 Å². The Kier molecular flexibility index (Phi) is 4.41. The fourth-order valence-corrected chi connectivity index (χ4v) is 8.73. The summed E-state index contributed by atoms with van der Waals surface area (Å²) in [6.07, 6.45) is 4.95. The van der Waals surface area contributed by atoms with Gasteiger partial charge in [-0.25, -0.2) is 13.4 Å². The molecule has 5 aliphatic rings. The summed E-state index contributed by atoms with van der Waals surface area (Å²) in [4.78, 5) is 20.2. The van der Waals surface area contributed by atoms with Crippen LogP contribution in [-0.4, -0.2) is 57.4 Å². The number of rotatable bonds is 6. The first-order valence-corrected chi connectivity index (χ1v) is 14.8. The molecule has 2 aromatic heterocycles. The van der Waals surface area contributed by atoms with E-state index in [2.05, 4.69) is 28.4 Å². The maximum atomic E-state index is 12.9. The van der Waals surface area contributed by atoms with Gasteiger partial charge in [0.2, 0.25) is 0 Å². The fraction of sp³-hybridized carbons (Fsp3) is 0.520. The summed E-state index contributed by atoms with van der Waals surface area (Å²) >= 11 is 1.77. The molecule has 10 heteroatoms. The Bertz CT molecular complexity index is 1440.